The molecule has 3 aromatic carbocycles. The maximum Gasteiger partial charge on any atom is 0.247 e. The van der Waals surface area contributed by atoms with Crippen LogP contribution >= 0.6 is 0 Å². The number of nitrogens with zero attached hydrogens (tertiary/aromatic N) is 4. The number of nitrogens with one attached hydrogen (secondary N) is 1. The Morgan fingerprint density at radius 2 is 1.79 bits per heavy atom. The molecule has 0 radical (unpaired) electrons. The van der Waals surface area contributed by atoms with Gasteiger partial charge in [0.15, 0.2) is 0 Å². The van der Waals surface area contributed by atoms with Gasteiger partial charge in [0, 0.05) is 12.1 Å². The Bertz CT molecular complexity index is 1420. The minimum atomic E-state index is -0.864. The van der Waals surface area contributed by atoms with Gasteiger partial charge in [-0.25, -0.2) is 4.68 Å². The lowest BCUT2D eigenvalue weighted by atomic mass is 10.00. The monoisotopic (exact) mass is 513 g/mol. The van der Waals surface area contributed by atoms with E-state index in [4.69, 9.17) is 4.74 Å². The molecule has 0 saturated carbocycles. The molecule has 4 rings (SSSR count). The number of methoxy groups -OCH3 is 1. The van der Waals surface area contributed by atoms with Crippen molar-refractivity contribution >= 4 is 22.8 Å². The standard InChI is InChI=1S/C30H35N5O3/c1-21-10-8-11-22(18-21)16-17-34(27(36)20-35-26-15-7-6-14-25(26)32-33-35)28(29(37)31-30(2,3)4)23-12-9-13-24(19-23)38-5/h6-15,18-19,28H,16-17,20H2,1-5H3,(H,31,37)/t28-/m0/s1. The molecule has 0 spiro atoms. The Kier molecular flexibility index (Phi) is 8.10. The Labute approximate surface area is 223 Å². The summed E-state index contributed by atoms with van der Waals surface area (Å²) >= 11 is 0. The van der Waals surface area contributed by atoms with Crippen molar-refractivity contribution < 1.29 is 14.3 Å². The van der Waals surface area contributed by atoms with Crippen molar-refractivity contribution in [3.63, 3.8) is 0 Å². The predicted molar refractivity (Wildman–Crippen MR) is 148 cm³/mol. The van der Waals surface area contributed by atoms with Gasteiger partial charge in [-0.1, -0.05) is 59.3 Å². The number of ether oxygens (including phenoxy) is 1. The second-order valence-corrected chi connectivity index (χ2v) is 10.5. The quantitative estimate of drug-likeness (QED) is 0.357. The summed E-state index contributed by atoms with van der Waals surface area (Å²) in [6.07, 6.45) is 0.592. The van der Waals surface area contributed by atoms with Gasteiger partial charge >= 0.3 is 0 Å². The fourth-order valence-corrected chi connectivity index (χ4v) is 4.49. The van der Waals surface area contributed by atoms with E-state index in [0.717, 1.165) is 16.6 Å². The van der Waals surface area contributed by atoms with Crippen molar-refractivity contribution in [1.29, 1.82) is 0 Å². The Hall–Kier alpha value is -4.20. The number of hydrogen-bond donors (Lipinski definition) is 1. The predicted octanol–water partition coefficient (Wildman–Crippen LogP) is 4.48. The van der Waals surface area contributed by atoms with E-state index in [9.17, 15) is 9.59 Å². The second kappa shape index (κ2) is 11.5. The molecule has 1 atom stereocenters. The van der Waals surface area contributed by atoms with E-state index in [0.29, 0.717) is 29.8 Å². The topological polar surface area (TPSA) is 89.4 Å². The number of amides is 2. The smallest absolute Gasteiger partial charge is 0.247 e. The second-order valence-electron chi connectivity index (χ2n) is 10.5. The summed E-state index contributed by atoms with van der Waals surface area (Å²) in [5.74, 6) is 0.126. The minimum absolute atomic E-state index is 0.0441. The minimum Gasteiger partial charge on any atom is -0.497 e. The van der Waals surface area contributed by atoms with Crippen LogP contribution in [0.1, 0.15) is 43.5 Å². The van der Waals surface area contributed by atoms with Crippen LogP contribution in [0.3, 0.4) is 0 Å². The van der Waals surface area contributed by atoms with Crippen molar-refractivity contribution in [2.75, 3.05) is 13.7 Å². The zero-order valence-electron chi connectivity index (χ0n) is 22.6. The third kappa shape index (κ3) is 6.56. The van der Waals surface area contributed by atoms with Crippen molar-refractivity contribution in [3.05, 3.63) is 89.5 Å². The van der Waals surface area contributed by atoms with Gasteiger partial charge in [0.05, 0.1) is 12.6 Å². The zero-order chi connectivity index (χ0) is 27.3. The van der Waals surface area contributed by atoms with Crippen LogP contribution in [-0.2, 0) is 22.6 Å². The Balaban J connectivity index is 1.74. The van der Waals surface area contributed by atoms with Crippen LogP contribution in [0.15, 0.2) is 72.8 Å². The Morgan fingerprint density at radius 1 is 1.03 bits per heavy atom. The molecular formula is C30H35N5O3. The van der Waals surface area contributed by atoms with E-state index < -0.39 is 11.6 Å². The van der Waals surface area contributed by atoms with E-state index in [-0.39, 0.29) is 18.4 Å². The summed E-state index contributed by atoms with van der Waals surface area (Å²) in [5, 5.41) is 11.5. The van der Waals surface area contributed by atoms with E-state index in [1.165, 1.54) is 0 Å². The number of carbonyl (C=O) groups excluding carboxylic acids is 2. The zero-order valence-corrected chi connectivity index (χ0v) is 22.6. The fourth-order valence-electron chi connectivity index (χ4n) is 4.49. The maximum absolute atomic E-state index is 14.0. The number of fused-ring (bicyclic) bond motifs is 1. The van der Waals surface area contributed by atoms with Gasteiger partial charge in [-0.3, -0.25) is 9.59 Å². The van der Waals surface area contributed by atoms with Crippen LogP contribution in [-0.4, -0.2) is 50.9 Å². The lowest BCUT2D eigenvalue weighted by molar-refractivity contribution is -0.142. The summed E-state index contributed by atoms with van der Waals surface area (Å²) in [6, 6.07) is 22.1. The van der Waals surface area contributed by atoms with Gasteiger partial charge in [0.25, 0.3) is 0 Å². The van der Waals surface area contributed by atoms with Crippen LogP contribution in [0.4, 0.5) is 0 Å². The number of benzene rings is 3. The van der Waals surface area contributed by atoms with Crippen LogP contribution in [0.25, 0.3) is 11.0 Å². The highest BCUT2D eigenvalue weighted by Crippen LogP contribution is 2.27. The summed E-state index contributed by atoms with van der Waals surface area (Å²) in [4.78, 5) is 29.5. The number of hydrogen-bond acceptors (Lipinski definition) is 5. The third-order valence-corrected chi connectivity index (χ3v) is 6.22. The summed E-state index contributed by atoms with van der Waals surface area (Å²) < 4.78 is 7.03. The van der Waals surface area contributed by atoms with Crippen molar-refractivity contribution in [2.24, 2.45) is 0 Å². The number of rotatable bonds is 9. The van der Waals surface area contributed by atoms with Crippen molar-refractivity contribution in [3.8, 4) is 5.75 Å². The first-order valence-corrected chi connectivity index (χ1v) is 12.7. The first-order valence-electron chi connectivity index (χ1n) is 12.7. The van der Waals surface area contributed by atoms with Gasteiger partial charge in [-0.2, -0.15) is 0 Å². The average Bonchev–Trinajstić information content (AvgIpc) is 3.28. The summed E-state index contributed by atoms with van der Waals surface area (Å²) in [5.41, 5.74) is 3.89. The van der Waals surface area contributed by atoms with Crippen LogP contribution in [0, 0.1) is 6.92 Å². The largest absolute Gasteiger partial charge is 0.497 e. The van der Waals surface area contributed by atoms with Crippen LogP contribution in [0.2, 0.25) is 0 Å². The SMILES string of the molecule is COc1cccc([C@@H](C(=O)NC(C)(C)C)N(CCc2cccc(C)c2)C(=O)Cn2nnc3ccccc32)c1. The third-order valence-electron chi connectivity index (χ3n) is 6.22. The molecule has 0 aliphatic rings. The molecule has 0 saturated heterocycles. The normalized spacial score (nSPS) is 12.2. The van der Waals surface area contributed by atoms with Gasteiger partial charge in [-0.15, -0.1) is 5.10 Å². The van der Waals surface area contributed by atoms with E-state index in [1.54, 1.807) is 16.7 Å². The molecule has 198 valence electrons. The van der Waals surface area contributed by atoms with Gasteiger partial charge in [-0.05, 0) is 69.5 Å². The first-order chi connectivity index (χ1) is 18.1. The number of carbonyl (C=O) groups is 2. The van der Waals surface area contributed by atoms with E-state index in [2.05, 4.69) is 21.7 Å². The molecule has 0 aliphatic carbocycles. The highest BCUT2D eigenvalue weighted by molar-refractivity contribution is 5.89. The molecule has 38 heavy (non-hydrogen) atoms. The highest BCUT2D eigenvalue weighted by Gasteiger charge is 2.33. The lowest BCUT2D eigenvalue weighted by Gasteiger charge is -2.34. The van der Waals surface area contributed by atoms with Crippen LogP contribution < -0.4 is 10.1 Å². The molecule has 0 unspecified atom stereocenters. The summed E-state index contributed by atoms with van der Waals surface area (Å²) in [7, 11) is 1.58. The van der Waals surface area contributed by atoms with Gasteiger partial charge in [0.1, 0.15) is 23.9 Å². The molecule has 8 heteroatoms. The van der Waals surface area contributed by atoms with E-state index in [1.807, 2.05) is 94.4 Å². The summed E-state index contributed by atoms with van der Waals surface area (Å²) in [6.45, 7) is 8.11. The molecule has 0 aliphatic heterocycles. The number of para-hydroxylation sites is 1. The molecule has 2 amide bonds. The average molecular weight is 514 g/mol. The van der Waals surface area contributed by atoms with Gasteiger partial charge < -0.3 is 15.0 Å². The van der Waals surface area contributed by atoms with Crippen molar-refractivity contribution in [1.82, 2.24) is 25.2 Å². The van der Waals surface area contributed by atoms with Crippen LogP contribution in [0.5, 0.6) is 5.75 Å². The molecule has 1 aromatic heterocycles. The fraction of sp³-hybridized carbons (Fsp3) is 0.333. The van der Waals surface area contributed by atoms with Crippen molar-refractivity contribution in [2.45, 2.75) is 52.2 Å². The molecule has 4 aromatic rings. The maximum atomic E-state index is 14.0. The van der Waals surface area contributed by atoms with E-state index >= 15 is 0 Å². The highest BCUT2D eigenvalue weighted by atomic mass is 16.5. The molecular weight excluding hydrogens is 478 g/mol. The first kappa shape index (κ1) is 26.9. The molecule has 1 N–H and O–H groups in total. The molecule has 0 fully saturated rings. The molecule has 1 heterocycles. The number of aromatic nitrogens is 3. The molecule has 8 nitrogen and oxygen atoms in total. The number of aryl methyl sites for hydroxylation is 1. The lowest BCUT2D eigenvalue weighted by Crippen LogP contribution is -2.50. The molecule has 0 bridgehead atoms. The van der Waals surface area contributed by atoms with Gasteiger partial charge in [0.2, 0.25) is 11.8 Å². The Morgan fingerprint density at radius 3 is 2.53 bits per heavy atom.